The monoisotopic (exact) mass is 566 g/mol. The molecule has 4 heterocycles. The van der Waals surface area contributed by atoms with Gasteiger partial charge in [0.15, 0.2) is 5.65 Å². The van der Waals surface area contributed by atoms with Gasteiger partial charge in [0.05, 0.1) is 19.3 Å². The van der Waals surface area contributed by atoms with E-state index in [1.807, 2.05) is 48.1 Å². The zero-order valence-electron chi connectivity index (χ0n) is 24.2. The molecule has 0 saturated heterocycles. The van der Waals surface area contributed by atoms with Gasteiger partial charge in [-0.05, 0) is 65.1 Å². The molecule has 10 nitrogen and oxygen atoms in total. The van der Waals surface area contributed by atoms with Crippen LogP contribution >= 0.6 is 0 Å². The molecule has 7 rings (SSSR count). The van der Waals surface area contributed by atoms with Crippen LogP contribution in [0, 0.1) is 13.8 Å². The van der Waals surface area contributed by atoms with Crippen molar-refractivity contribution in [2.24, 2.45) is 0 Å². The summed E-state index contributed by atoms with van der Waals surface area (Å²) in [6, 6.07) is 27.1. The second-order valence-corrected chi connectivity index (χ2v) is 10.7. The molecule has 0 saturated carbocycles. The summed E-state index contributed by atoms with van der Waals surface area (Å²) >= 11 is 0. The molecule has 10 heteroatoms. The van der Waals surface area contributed by atoms with Crippen molar-refractivity contribution in [2.45, 2.75) is 40.3 Å². The van der Waals surface area contributed by atoms with Gasteiger partial charge in [-0.3, -0.25) is 0 Å². The molecule has 0 aliphatic rings. The van der Waals surface area contributed by atoms with Gasteiger partial charge < -0.3 is 4.57 Å². The third kappa shape index (κ3) is 5.19. The first-order valence-electron chi connectivity index (χ1n) is 14.3. The zero-order valence-corrected chi connectivity index (χ0v) is 24.2. The highest BCUT2D eigenvalue weighted by molar-refractivity contribution is 5.84. The lowest BCUT2D eigenvalue weighted by atomic mass is 9.95. The van der Waals surface area contributed by atoms with Crippen LogP contribution in [0.2, 0.25) is 0 Å². The summed E-state index contributed by atoms with van der Waals surface area (Å²) in [5, 5.41) is 23.7. The molecule has 43 heavy (non-hydrogen) atoms. The van der Waals surface area contributed by atoms with Crippen LogP contribution in [0.4, 0.5) is 0 Å². The molecular formula is C33H30N10. The summed E-state index contributed by atoms with van der Waals surface area (Å²) in [6.07, 6.45) is 2.81. The van der Waals surface area contributed by atoms with Crippen molar-refractivity contribution in [1.29, 1.82) is 0 Å². The molecule has 0 amide bonds. The van der Waals surface area contributed by atoms with E-state index >= 15 is 0 Å². The Labute approximate surface area is 248 Å². The highest BCUT2D eigenvalue weighted by Crippen LogP contribution is 2.34. The van der Waals surface area contributed by atoms with Gasteiger partial charge in [-0.1, -0.05) is 72.8 Å². The Morgan fingerprint density at radius 3 is 2.33 bits per heavy atom. The predicted octanol–water partition coefficient (Wildman–Crippen LogP) is 5.81. The molecule has 0 aliphatic heterocycles. The van der Waals surface area contributed by atoms with Gasteiger partial charge >= 0.3 is 0 Å². The van der Waals surface area contributed by atoms with Crippen LogP contribution in [0.5, 0.6) is 0 Å². The fourth-order valence-electron chi connectivity index (χ4n) is 5.55. The van der Waals surface area contributed by atoms with E-state index in [2.05, 4.69) is 97.9 Å². The maximum absolute atomic E-state index is 4.90. The minimum Gasteiger partial charge on any atom is -0.308 e. The van der Waals surface area contributed by atoms with E-state index in [9.17, 15) is 0 Å². The van der Waals surface area contributed by atoms with Gasteiger partial charge in [0.25, 0.3) is 0 Å². The molecule has 4 aromatic heterocycles. The number of nitrogens with zero attached hydrogens (tertiary/aromatic N) is 9. The molecule has 0 atom stereocenters. The second kappa shape index (κ2) is 11.1. The lowest BCUT2D eigenvalue weighted by Gasteiger charge is -2.12. The largest absolute Gasteiger partial charge is 0.308 e. The van der Waals surface area contributed by atoms with Crippen LogP contribution in [0.15, 0.2) is 85.1 Å². The molecule has 0 aliphatic carbocycles. The summed E-state index contributed by atoms with van der Waals surface area (Å²) in [5.74, 6) is 1.57. The summed E-state index contributed by atoms with van der Waals surface area (Å²) in [6.45, 7) is 7.61. The fourth-order valence-corrected chi connectivity index (χ4v) is 5.55. The number of H-pyrrole nitrogens is 1. The van der Waals surface area contributed by atoms with Crippen LogP contribution in [0.3, 0.4) is 0 Å². The van der Waals surface area contributed by atoms with Crippen molar-refractivity contribution in [3.8, 4) is 33.8 Å². The summed E-state index contributed by atoms with van der Waals surface area (Å²) in [5.41, 5.74) is 11.1. The van der Waals surface area contributed by atoms with Crippen molar-refractivity contribution in [3.05, 3.63) is 113 Å². The molecule has 212 valence electrons. The number of nitrogens with one attached hydrogen (secondary N) is 1. The standard InChI is InChI=1S/C33H30N10/c1-4-30-35-31-21(2)16-22(3)34-33(31)43(30)19-24-10-12-25(13-11-24)28-17-26(14-15-27(28)32-37-39-40-38-32)29-20-42(41-36-29)18-23-8-6-5-7-9-23/h5-17,20H,4,18-19H2,1-3H3,(H,37,38,39,40). The van der Waals surface area contributed by atoms with Crippen LogP contribution in [-0.4, -0.2) is 50.2 Å². The number of hydrogen-bond donors (Lipinski definition) is 1. The third-order valence-electron chi connectivity index (χ3n) is 7.65. The number of benzene rings is 3. The second-order valence-electron chi connectivity index (χ2n) is 10.7. The van der Waals surface area contributed by atoms with Crippen LogP contribution in [0.25, 0.3) is 44.9 Å². The number of hydrogen-bond acceptors (Lipinski definition) is 7. The topological polar surface area (TPSA) is 116 Å². The van der Waals surface area contributed by atoms with Crippen molar-refractivity contribution < 1.29 is 0 Å². The van der Waals surface area contributed by atoms with Crippen LogP contribution in [0.1, 0.15) is 35.1 Å². The van der Waals surface area contributed by atoms with Gasteiger partial charge in [-0.2, -0.15) is 5.21 Å². The van der Waals surface area contributed by atoms with E-state index in [1.165, 1.54) is 11.1 Å². The number of aryl methyl sites for hydroxylation is 3. The number of fused-ring (bicyclic) bond motifs is 1. The van der Waals surface area contributed by atoms with Crippen molar-refractivity contribution in [3.63, 3.8) is 0 Å². The van der Waals surface area contributed by atoms with Gasteiger partial charge in [-0.15, -0.1) is 15.3 Å². The van der Waals surface area contributed by atoms with Gasteiger partial charge in [0.1, 0.15) is 17.0 Å². The molecule has 0 fully saturated rings. The number of rotatable bonds is 8. The van der Waals surface area contributed by atoms with E-state index in [0.29, 0.717) is 18.9 Å². The smallest absolute Gasteiger partial charge is 0.205 e. The number of imidazole rings is 1. The maximum Gasteiger partial charge on any atom is 0.205 e. The van der Waals surface area contributed by atoms with E-state index in [1.54, 1.807) is 0 Å². The Morgan fingerprint density at radius 1 is 0.767 bits per heavy atom. The normalized spacial score (nSPS) is 11.4. The Kier molecular flexibility index (Phi) is 6.78. The van der Waals surface area contributed by atoms with Crippen LogP contribution in [-0.2, 0) is 19.5 Å². The average Bonchev–Trinajstić information content (AvgIpc) is 3.79. The van der Waals surface area contributed by atoms with E-state index in [-0.39, 0.29) is 0 Å². The molecule has 0 bridgehead atoms. The lowest BCUT2D eigenvalue weighted by Crippen LogP contribution is -2.05. The molecular weight excluding hydrogens is 536 g/mol. The Morgan fingerprint density at radius 2 is 1.56 bits per heavy atom. The zero-order chi connectivity index (χ0) is 29.3. The third-order valence-corrected chi connectivity index (χ3v) is 7.65. The average molecular weight is 567 g/mol. The van der Waals surface area contributed by atoms with Gasteiger partial charge in [0.2, 0.25) is 5.82 Å². The highest BCUT2D eigenvalue weighted by Gasteiger charge is 2.16. The minimum atomic E-state index is 0.535. The first-order valence-corrected chi connectivity index (χ1v) is 14.3. The Balaban J connectivity index is 1.22. The molecule has 0 radical (unpaired) electrons. The molecule has 7 aromatic rings. The van der Waals surface area contributed by atoms with Crippen molar-refractivity contribution in [1.82, 2.24) is 50.2 Å². The SMILES string of the molecule is CCc1nc2c(C)cc(C)nc2n1Cc1ccc(-c2cc(-c3cn(Cc4ccccc4)nn3)ccc2-c2nn[nH]n2)cc1. The predicted molar refractivity (Wildman–Crippen MR) is 165 cm³/mol. The molecule has 0 spiro atoms. The fraction of sp³-hybridized carbons (Fsp3) is 0.182. The minimum absolute atomic E-state index is 0.535. The molecule has 0 unspecified atom stereocenters. The lowest BCUT2D eigenvalue weighted by molar-refractivity contribution is 0.650. The number of tetrazole rings is 1. The first kappa shape index (κ1) is 26.4. The van der Waals surface area contributed by atoms with Gasteiger partial charge in [-0.25, -0.2) is 14.6 Å². The summed E-state index contributed by atoms with van der Waals surface area (Å²) in [7, 11) is 0. The van der Waals surface area contributed by atoms with Crippen molar-refractivity contribution in [2.75, 3.05) is 0 Å². The van der Waals surface area contributed by atoms with Gasteiger partial charge in [0, 0.05) is 23.2 Å². The summed E-state index contributed by atoms with van der Waals surface area (Å²) < 4.78 is 4.09. The van der Waals surface area contributed by atoms with Crippen LogP contribution < -0.4 is 0 Å². The quantitative estimate of drug-likeness (QED) is 0.247. The maximum atomic E-state index is 4.90. The van der Waals surface area contributed by atoms with Crippen molar-refractivity contribution >= 4 is 11.2 Å². The van der Waals surface area contributed by atoms with E-state index in [0.717, 1.165) is 62.6 Å². The van der Waals surface area contributed by atoms with E-state index in [4.69, 9.17) is 9.97 Å². The highest BCUT2D eigenvalue weighted by atomic mass is 15.5. The summed E-state index contributed by atoms with van der Waals surface area (Å²) in [4.78, 5) is 9.74. The number of aromatic nitrogens is 10. The van der Waals surface area contributed by atoms with E-state index < -0.39 is 0 Å². The Bertz CT molecular complexity index is 2020. The number of aromatic amines is 1. The molecule has 3 aromatic carbocycles. The Hall–Kier alpha value is -5.51. The molecule has 1 N–H and O–H groups in total. The number of pyridine rings is 1. The first-order chi connectivity index (χ1) is 21.1.